The smallest absolute Gasteiger partial charge is 0.164 e. The van der Waals surface area contributed by atoms with Gasteiger partial charge in [-0.3, -0.25) is 0 Å². The summed E-state index contributed by atoms with van der Waals surface area (Å²) in [6, 6.07) is 5.37. The second kappa shape index (κ2) is 4.38. The number of hydrogen-bond acceptors (Lipinski definition) is 3. The van der Waals surface area contributed by atoms with Gasteiger partial charge in [0.1, 0.15) is 6.07 Å². The Hall–Kier alpha value is -1.15. The van der Waals surface area contributed by atoms with E-state index in [1.807, 2.05) is 11.5 Å². The van der Waals surface area contributed by atoms with Gasteiger partial charge in [0.15, 0.2) is 5.69 Å². The first-order valence-corrected chi connectivity index (χ1v) is 6.49. The molecule has 0 aliphatic carbocycles. The number of pyridine rings is 1. The fraction of sp³-hybridized carbons (Fsp3) is 0. The molecule has 16 heavy (non-hydrogen) atoms. The van der Waals surface area contributed by atoms with E-state index < -0.39 is 10.9 Å². The van der Waals surface area contributed by atoms with Crippen molar-refractivity contribution < 1.29 is 0 Å². The lowest BCUT2D eigenvalue weighted by molar-refractivity contribution is 1.11. The molecule has 3 nitrogen and oxygen atoms in total. The summed E-state index contributed by atoms with van der Waals surface area (Å²) in [5.41, 5.74) is 6.19. The second-order valence-electron chi connectivity index (χ2n) is 3.07. The van der Waals surface area contributed by atoms with Gasteiger partial charge >= 0.3 is 0 Å². The molecule has 0 saturated heterocycles. The van der Waals surface area contributed by atoms with Gasteiger partial charge in [-0.2, -0.15) is 16.2 Å². The SMILES string of the molecule is N#Cc1nc([SH]2C=C(Cl)C=C2Cl)ccc1N. The Balaban J connectivity index is 2.44. The van der Waals surface area contributed by atoms with E-state index in [0.717, 1.165) is 5.03 Å². The summed E-state index contributed by atoms with van der Waals surface area (Å²) >= 11 is 11.9. The third-order valence-corrected chi connectivity index (χ3v) is 4.90. The van der Waals surface area contributed by atoms with Gasteiger partial charge in [-0.1, -0.05) is 23.2 Å². The number of rotatable bonds is 1. The zero-order valence-corrected chi connectivity index (χ0v) is 10.4. The van der Waals surface area contributed by atoms with Crippen LogP contribution < -0.4 is 5.73 Å². The van der Waals surface area contributed by atoms with Crippen LogP contribution in [0.15, 0.2) is 38.0 Å². The molecule has 2 N–H and O–H groups in total. The third-order valence-electron chi connectivity index (χ3n) is 2.00. The number of nitrogen functional groups attached to an aromatic ring is 1. The molecule has 1 unspecified atom stereocenters. The first-order chi connectivity index (χ1) is 7.61. The van der Waals surface area contributed by atoms with E-state index in [1.54, 1.807) is 18.2 Å². The quantitative estimate of drug-likeness (QED) is 0.772. The van der Waals surface area contributed by atoms with Crippen LogP contribution in [0, 0.1) is 11.3 Å². The normalized spacial score (nSPS) is 21.2. The van der Waals surface area contributed by atoms with Gasteiger partial charge < -0.3 is 5.73 Å². The Bertz CT molecular complexity index is 545. The molecule has 0 amide bonds. The molecule has 0 bridgehead atoms. The van der Waals surface area contributed by atoms with E-state index in [0.29, 0.717) is 15.1 Å². The van der Waals surface area contributed by atoms with Crippen LogP contribution >= 0.6 is 34.1 Å². The minimum Gasteiger partial charge on any atom is -0.396 e. The van der Waals surface area contributed by atoms with Crippen LogP contribution in [0.1, 0.15) is 5.69 Å². The number of aromatic nitrogens is 1. The maximum absolute atomic E-state index is 8.83. The molecule has 0 aromatic carbocycles. The minimum atomic E-state index is -0.860. The number of thiol groups is 1. The molecule has 2 heterocycles. The molecule has 0 spiro atoms. The third kappa shape index (κ3) is 2.03. The van der Waals surface area contributed by atoms with Crippen molar-refractivity contribution in [2.24, 2.45) is 0 Å². The average molecular weight is 272 g/mol. The van der Waals surface area contributed by atoms with Crippen LogP contribution in [0.5, 0.6) is 0 Å². The number of hydrogen-bond donors (Lipinski definition) is 2. The van der Waals surface area contributed by atoms with Gasteiger partial charge in [-0.05, 0) is 23.6 Å². The van der Waals surface area contributed by atoms with Crippen molar-refractivity contribution in [3.63, 3.8) is 0 Å². The Morgan fingerprint density at radius 3 is 2.69 bits per heavy atom. The van der Waals surface area contributed by atoms with Crippen molar-refractivity contribution in [2.45, 2.75) is 5.03 Å². The zero-order chi connectivity index (χ0) is 11.7. The Labute approximate surface area is 106 Å². The number of nitrogens with two attached hydrogens (primary N) is 1. The molecule has 6 heteroatoms. The fourth-order valence-corrected chi connectivity index (χ4v) is 3.84. The van der Waals surface area contributed by atoms with Crippen molar-refractivity contribution in [3.8, 4) is 6.07 Å². The van der Waals surface area contributed by atoms with E-state index in [9.17, 15) is 0 Å². The topological polar surface area (TPSA) is 62.7 Å². The van der Waals surface area contributed by atoms with Crippen LogP contribution in [0.25, 0.3) is 0 Å². The highest BCUT2D eigenvalue weighted by Gasteiger charge is 2.17. The molecule has 1 atom stereocenters. The molecular weight excluding hydrogens is 265 g/mol. The highest BCUT2D eigenvalue weighted by molar-refractivity contribution is 8.24. The predicted molar refractivity (Wildman–Crippen MR) is 68.5 cm³/mol. The van der Waals surface area contributed by atoms with E-state index in [4.69, 9.17) is 34.2 Å². The van der Waals surface area contributed by atoms with Crippen LogP contribution in [-0.2, 0) is 0 Å². The molecular formula is C10H7Cl2N3S. The molecule has 0 saturated carbocycles. The number of nitrogens with zero attached hydrogens (tertiary/aromatic N) is 2. The van der Waals surface area contributed by atoms with E-state index in [-0.39, 0.29) is 5.69 Å². The lowest BCUT2D eigenvalue weighted by Gasteiger charge is -2.12. The lowest BCUT2D eigenvalue weighted by Crippen LogP contribution is -1.95. The first kappa shape index (κ1) is 11.3. The van der Waals surface area contributed by atoms with Crippen molar-refractivity contribution in [1.29, 1.82) is 5.26 Å². The average Bonchev–Trinajstić information content (AvgIpc) is 2.59. The summed E-state index contributed by atoms with van der Waals surface area (Å²) in [4.78, 5) is 4.17. The number of allylic oxidation sites excluding steroid dienone is 2. The summed E-state index contributed by atoms with van der Waals surface area (Å²) in [5.74, 6) is 0. The number of halogens is 2. The van der Waals surface area contributed by atoms with E-state index in [1.165, 1.54) is 0 Å². The molecule has 82 valence electrons. The molecule has 1 aromatic heterocycles. The highest BCUT2D eigenvalue weighted by Crippen LogP contribution is 2.52. The van der Waals surface area contributed by atoms with Gasteiger partial charge in [-0.15, -0.1) is 0 Å². The van der Waals surface area contributed by atoms with Crippen molar-refractivity contribution >= 4 is 39.8 Å². The van der Waals surface area contributed by atoms with Crippen molar-refractivity contribution in [1.82, 2.24) is 4.98 Å². The van der Waals surface area contributed by atoms with Gasteiger partial charge in [0.25, 0.3) is 0 Å². The summed E-state index contributed by atoms with van der Waals surface area (Å²) in [6.07, 6.45) is 1.69. The maximum Gasteiger partial charge on any atom is 0.164 e. The first-order valence-electron chi connectivity index (χ1n) is 4.32. The van der Waals surface area contributed by atoms with Gasteiger partial charge in [0.05, 0.1) is 15.1 Å². The lowest BCUT2D eigenvalue weighted by atomic mass is 10.3. The summed E-state index contributed by atoms with van der Waals surface area (Å²) in [6.45, 7) is 0. The zero-order valence-electron chi connectivity index (χ0n) is 7.98. The number of nitriles is 1. The van der Waals surface area contributed by atoms with E-state index in [2.05, 4.69) is 4.98 Å². The summed E-state index contributed by atoms with van der Waals surface area (Å²) in [7, 11) is -0.860. The predicted octanol–water partition coefficient (Wildman–Crippen LogP) is 3.07. The van der Waals surface area contributed by atoms with Gasteiger partial charge in [-0.25, -0.2) is 4.98 Å². The van der Waals surface area contributed by atoms with Crippen molar-refractivity contribution in [2.75, 3.05) is 5.73 Å². The molecule has 0 fully saturated rings. The minimum absolute atomic E-state index is 0.223. The highest BCUT2D eigenvalue weighted by atomic mass is 35.5. The maximum atomic E-state index is 8.83. The van der Waals surface area contributed by atoms with Crippen LogP contribution in [-0.4, -0.2) is 4.98 Å². The molecule has 0 radical (unpaired) electrons. The summed E-state index contributed by atoms with van der Waals surface area (Å²) < 4.78 is 0.654. The van der Waals surface area contributed by atoms with Gasteiger partial charge in [0, 0.05) is 5.03 Å². The van der Waals surface area contributed by atoms with Crippen LogP contribution in [0.2, 0.25) is 0 Å². The Morgan fingerprint density at radius 2 is 2.12 bits per heavy atom. The monoisotopic (exact) mass is 271 g/mol. The fourth-order valence-electron chi connectivity index (χ4n) is 1.26. The molecule has 1 aliphatic rings. The summed E-state index contributed by atoms with van der Waals surface area (Å²) in [5, 5.41) is 12.0. The standard InChI is InChI=1S/C10H7Cl2N3S/c11-6-3-9(12)16(5-6)10-2-1-7(14)8(4-13)15-10/h1-3,5,16H,14H2. The Morgan fingerprint density at radius 1 is 1.38 bits per heavy atom. The molecule has 1 aliphatic heterocycles. The number of anilines is 1. The van der Waals surface area contributed by atoms with E-state index >= 15 is 0 Å². The van der Waals surface area contributed by atoms with Crippen LogP contribution in [0.4, 0.5) is 5.69 Å². The second-order valence-corrected chi connectivity index (χ2v) is 6.12. The largest absolute Gasteiger partial charge is 0.396 e. The van der Waals surface area contributed by atoms with Gasteiger partial charge in [0.2, 0.25) is 0 Å². The molecule has 1 aromatic rings. The molecule has 2 rings (SSSR count). The Kier molecular flexibility index (Phi) is 3.10. The van der Waals surface area contributed by atoms with Crippen molar-refractivity contribution in [3.05, 3.63) is 38.7 Å². The van der Waals surface area contributed by atoms with Crippen LogP contribution in [0.3, 0.4) is 0 Å².